The van der Waals surface area contributed by atoms with Gasteiger partial charge in [-0.3, -0.25) is 4.79 Å². The molecule has 5 heteroatoms. The number of halogens is 1. The Balaban J connectivity index is 3.38. The smallest absolute Gasteiger partial charge is 0.246 e. The third kappa shape index (κ3) is 9.97. The van der Waals surface area contributed by atoms with Gasteiger partial charge in [0.1, 0.15) is 6.61 Å². The molecule has 1 atom stereocenters. The summed E-state index contributed by atoms with van der Waals surface area (Å²) in [6, 6.07) is 0.155. The zero-order valence-electron chi connectivity index (χ0n) is 9.42. The van der Waals surface area contributed by atoms with Crippen LogP contribution in [-0.4, -0.2) is 44.8 Å². The van der Waals surface area contributed by atoms with E-state index >= 15 is 0 Å². The van der Waals surface area contributed by atoms with E-state index < -0.39 is 0 Å². The lowest BCUT2D eigenvalue weighted by Gasteiger charge is -2.12. The molecule has 0 aromatic heterocycles. The molecular formula is C10H20ClNO3. The van der Waals surface area contributed by atoms with Crippen LogP contribution in [-0.2, 0) is 14.3 Å². The Morgan fingerprint density at radius 2 is 2.20 bits per heavy atom. The van der Waals surface area contributed by atoms with Gasteiger partial charge in [-0.2, -0.15) is 0 Å². The van der Waals surface area contributed by atoms with Gasteiger partial charge in [0, 0.05) is 19.0 Å². The summed E-state index contributed by atoms with van der Waals surface area (Å²) in [5.41, 5.74) is 0. The Morgan fingerprint density at radius 1 is 1.47 bits per heavy atom. The summed E-state index contributed by atoms with van der Waals surface area (Å²) in [5, 5.41) is 2.83. The Labute approximate surface area is 96.3 Å². The molecule has 0 saturated carbocycles. The van der Waals surface area contributed by atoms with Gasteiger partial charge < -0.3 is 14.8 Å². The molecule has 0 aromatic carbocycles. The van der Waals surface area contributed by atoms with Crippen molar-refractivity contribution in [3.8, 4) is 0 Å². The van der Waals surface area contributed by atoms with Crippen LogP contribution in [0.4, 0.5) is 0 Å². The summed E-state index contributed by atoms with van der Waals surface area (Å²) < 4.78 is 9.86. The molecule has 0 rings (SSSR count). The lowest BCUT2D eigenvalue weighted by Crippen LogP contribution is -2.35. The summed E-state index contributed by atoms with van der Waals surface area (Å²) in [4.78, 5) is 11.3. The van der Waals surface area contributed by atoms with Gasteiger partial charge in [0.05, 0.1) is 13.2 Å². The van der Waals surface area contributed by atoms with E-state index in [-0.39, 0.29) is 18.6 Å². The minimum Gasteiger partial charge on any atom is -0.382 e. The zero-order chi connectivity index (χ0) is 11.5. The Hall–Kier alpha value is -0.320. The third-order valence-electron chi connectivity index (χ3n) is 1.84. The number of alkyl halides is 1. The van der Waals surface area contributed by atoms with Crippen LogP contribution in [0, 0.1) is 0 Å². The lowest BCUT2D eigenvalue weighted by molar-refractivity contribution is -0.126. The second-order valence-electron chi connectivity index (χ2n) is 3.35. The van der Waals surface area contributed by atoms with E-state index in [1.807, 2.05) is 6.92 Å². The first-order valence-corrected chi connectivity index (χ1v) is 5.66. The molecule has 90 valence electrons. The number of carbonyl (C=O) groups is 1. The van der Waals surface area contributed by atoms with Gasteiger partial charge >= 0.3 is 0 Å². The first kappa shape index (κ1) is 14.7. The van der Waals surface area contributed by atoms with E-state index in [1.54, 1.807) is 7.11 Å². The van der Waals surface area contributed by atoms with Gasteiger partial charge in [-0.15, -0.1) is 11.6 Å². The van der Waals surface area contributed by atoms with Crippen molar-refractivity contribution in [1.29, 1.82) is 0 Å². The molecule has 0 aliphatic carbocycles. The normalized spacial score (nSPS) is 12.5. The highest BCUT2D eigenvalue weighted by Crippen LogP contribution is 1.97. The molecule has 0 aromatic rings. The summed E-state index contributed by atoms with van der Waals surface area (Å²) in [6.45, 7) is 3.00. The van der Waals surface area contributed by atoms with Gasteiger partial charge in [0.15, 0.2) is 0 Å². The minimum atomic E-state index is -0.0897. The average molecular weight is 238 g/mol. The van der Waals surface area contributed by atoms with Gasteiger partial charge in [-0.25, -0.2) is 0 Å². The van der Waals surface area contributed by atoms with E-state index in [0.717, 1.165) is 12.8 Å². The van der Waals surface area contributed by atoms with Crippen LogP contribution < -0.4 is 5.32 Å². The highest BCUT2D eigenvalue weighted by molar-refractivity contribution is 6.17. The highest BCUT2D eigenvalue weighted by Gasteiger charge is 2.06. The van der Waals surface area contributed by atoms with Crippen LogP contribution in [0.2, 0.25) is 0 Å². The maximum atomic E-state index is 11.3. The van der Waals surface area contributed by atoms with E-state index in [0.29, 0.717) is 19.1 Å². The number of amides is 1. The van der Waals surface area contributed by atoms with Gasteiger partial charge in [0.2, 0.25) is 5.91 Å². The second kappa shape index (κ2) is 10.2. The summed E-state index contributed by atoms with van der Waals surface area (Å²) >= 11 is 5.55. The van der Waals surface area contributed by atoms with Crippen molar-refractivity contribution in [1.82, 2.24) is 5.32 Å². The Kier molecular flexibility index (Phi) is 9.99. The monoisotopic (exact) mass is 237 g/mol. The number of carbonyl (C=O) groups excluding carboxylic acids is 1. The van der Waals surface area contributed by atoms with E-state index in [1.165, 1.54) is 0 Å². The molecule has 0 aliphatic rings. The van der Waals surface area contributed by atoms with E-state index in [4.69, 9.17) is 21.1 Å². The largest absolute Gasteiger partial charge is 0.382 e. The summed E-state index contributed by atoms with van der Waals surface area (Å²) in [7, 11) is 1.59. The fourth-order valence-electron chi connectivity index (χ4n) is 1.08. The standard InChI is InChI=1S/C10H20ClNO3/c1-9(4-3-5-11)12-10(13)8-15-7-6-14-2/h9H,3-8H2,1-2H3,(H,12,13). The number of ether oxygens (including phenoxy) is 2. The molecule has 15 heavy (non-hydrogen) atoms. The summed E-state index contributed by atoms with van der Waals surface area (Å²) in [6.07, 6.45) is 1.81. The molecule has 0 fully saturated rings. The van der Waals surface area contributed by atoms with Crippen LogP contribution in [0.1, 0.15) is 19.8 Å². The van der Waals surface area contributed by atoms with Crippen LogP contribution in [0.3, 0.4) is 0 Å². The topological polar surface area (TPSA) is 47.6 Å². The summed E-state index contributed by atoms with van der Waals surface area (Å²) in [5.74, 6) is 0.540. The maximum Gasteiger partial charge on any atom is 0.246 e. The van der Waals surface area contributed by atoms with Crippen molar-refractivity contribution in [3.05, 3.63) is 0 Å². The van der Waals surface area contributed by atoms with Crippen molar-refractivity contribution < 1.29 is 14.3 Å². The SMILES string of the molecule is COCCOCC(=O)NC(C)CCCCl. The lowest BCUT2D eigenvalue weighted by atomic mass is 10.2. The molecule has 0 aliphatic heterocycles. The van der Waals surface area contributed by atoms with Crippen molar-refractivity contribution in [2.75, 3.05) is 32.8 Å². The zero-order valence-corrected chi connectivity index (χ0v) is 10.2. The fourth-order valence-corrected chi connectivity index (χ4v) is 1.23. The van der Waals surface area contributed by atoms with E-state index in [9.17, 15) is 4.79 Å². The van der Waals surface area contributed by atoms with Crippen molar-refractivity contribution >= 4 is 17.5 Å². The number of hydrogen-bond donors (Lipinski definition) is 1. The molecule has 4 nitrogen and oxygen atoms in total. The third-order valence-corrected chi connectivity index (χ3v) is 2.11. The first-order valence-electron chi connectivity index (χ1n) is 5.12. The molecule has 0 spiro atoms. The Bertz CT molecular complexity index is 167. The number of nitrogens with one attached hydrogen (secondary N) is 1. The predicted molar refractivity (Wildman–Crippen MR) is 60.3 cm³/mol. The molecule has 0 bridgehead atoms. The number of methoxy groups -OCH3 is 1. The van der Waals surface area contributed by atoms with Crippen molar-refractivity contribution in [2.45, 2.75) is 25.8 Å². The van der Waals surface area contributed by atoms with Gasteiger partial charge in [-0.05, 0) is 19.8 Å². The van der Waals surface area contributed by atoms with Gasteiger partial charge in [-0.1, -0.05) is 0 Å². The maximum absolute atomic E-state index is 11.3. The average Bonchev–Trinajstić information content (AvgIpc) is 2.21. The van der Waals surface area contributed by atoms with Gasteiger partial charge in [0.25, 0.3) is 0 Å². The molecule has 0 saturated heterocycles. The molecule has 1 N–H and O–H groups in total. The second-order valence-corrected chi connectivity index (χ2v) is 3.72. The fraction of sp³-hybridized carbons (Fsp3) is 0.900. The number of hydrogen-bond acceptors (Lipinski definition) is 3. The Morgan fingerprint density at radius 3 is 2.80 bits per heavy atom. The van der Waals surface area contributed by atoms with Crippen LogP contribution in [0.15, 0.2) is 0 Å². The molecule has 0 heterocycles. The van der Waals surface area contributed by atoms with Crippen LogP contribution in [0.25, 0.3) is 0 Å². The van der Waals surface area contributed by atoms with Crippen LogP contribution in [0.5, 0.6) is 0 Å². The quantitative estimate of drug-likeness (QED) is 0.484. The minimum absolute atomic E-state index is 0.0897. The van der Waals surface area contributed by atoms with E-state index in [2.05, 4.69) is 5.32 Å². The molecule has 0 radical (unpaired) electrons. The predicted octanol–water partition coefficient (Wildman–Crippen LogP) is 1.17. The molecular weight excluding hydrogens is 218 g/mol. The highest BCUT2D eigenvalue weighted by atomic mass is 35.5. The first-order chi connectivity index (χ1) is 7.20. The molecule has 1 unspecified atom stereocenters. The number of rotatable bonds is 9. The molecule has 1 amide bonds. The van der Waals surface area contributed by atoms with Crippen molar-refractivity contribution in [3.63, 3.8) is 0 Å². The van der Waals surface area contributed by atoms with Crippen LogP contribution >= 0.6 is 11.6 Å². The van der Waals surface area contributed by atoms with Crippen molar-refractivity contribution in [2.24, 2.45) is 0 Å².